The van der Waals surface area contributed by atoms with Crippen LogP contribution in [0.1, 0.15) is 48.9 Å². The standard InChI is InChI=1S/C30H39NO2/c1-5-32-21-7-9-26-12-17-28(18-13-26)31(30-16-11-24(3)25(4)23-30)29-19-14-27(15-20-29)10-8-22-33-6-2/h11-20,23H,5-10,21-22H2,1-4H3. The highest BCUT2D eigenvalue weighted by Crippen LogP contribution is 2.35. The minimum Gasteiger partial charge on any atom is -0.382 e. The number of rotatable bonds is 13. The molecule has 3 heteroatoms. The highest BCUT2D eigenvalue weighted by Gasteiger charge is 2.13. The summed E-state index contributed by atoms with van der Waals surface area (Å²) in [6.07, 6.45) is 4.19. The van der Waals surface area contributed by atoms with Crippen LogP contribution in [0.15, 0.2) is 66.7 Å². The van der Waals surface area contributed by atoms with Gasteiger partial charge in [-0.15, -0.1) is 0 Å². The molecule has 0 fully saturated rings. The Labute approximate surface area is 200 Å². The van der Waals surface area contributed by atoms with Gasteiger partial charge < -0.3 is 14.4 Å². The van der Waals surface area contributed by atoms with Gasteiger partial charge in [0, 0.05) is 43.5 Å². The van der Waals surface area contributed by atoms with E-state index in [9.17, 15) is 0 Å². The molecule has 0 N–H and O–H groups in total. The molecule has 0 radical (unpaired) electrons. The summed E-state index contributed by atoms with van der Waals surface area (Å²) in [4.78, 5) is 2.35. The highest BCUT2D eigenvalue weighted by molar-refractivity contribution is 5.77. The first-order valence-electron chi connectivity index (χ1n) is 12.3. The van der Waals surface area contributed by atoms with Gasteiger partial charge in [0.15, 0.2) is 0 Å². The molecule has 176 valence electrons. The molecule has 0 saturated carbocycles. The summed E-state index contributed by atoms with van der Waals surface area (Å²) in [6.45, 7) is 11.7. The second-order valence-electron chi connectivity index (χ2n) is 8.54. The van der Waals surface area contributed by atoms with Gasteiger partial charge in [0.2, 0.25) is 0 Å². The maximum atomic E-state index is 5.48. The van der Waals surface area contributed by atoms with Crippen LogP contribution < -0.4 is 4.90 Å². The maximum absolute atomic E-state index is 5.48. The number of anilines is 3. The van der Waals surface area contributed by atoms with Gasteiger partial charge in [-0.05, 0) is 112 Å². The SMILES string of the molecule is CCOCCCc1ccc(N(c2ccc(CCCOCC)cc2)c2ccc(C)c(C)c2)cc1. The molecule has 0 aliphatic carbocycles. The molecule has 3 aromatic carbocycles. The van der Waals surface area contributed by atoms with Crippen molar-refractivity contribution in [3.63, 3.8) is 0 Å². The molecule has 0 unspecified atom stereocenters. The molecule has 0 aromatic heterocycles. The van der Waals surface area contributed by atoms with Gasteiger partial charge in [-0.2, -0.15) is 0 Å². The van der Waals surface area contributed by atoms with Crippen molar-refractivity contribution in [3.8, 4) is 0 Å². The molecule has 0 aliphatic heterocycles. The topological polar surface area (TPSA) is 21.7 Å². The first-order chi connectivity index (χ1) is 16.1. The third kappa shape index (κ3) is 7.45. The fourth-order valence-electron chi connectivity index (χ4n) is 3.98. The largest absolute Gasteiger partial charge is 0.382 e. The number of hydrogen-bond acceptors (Lipinski definition) is 3. The van der Waals surface area contributed by atoms with Gasteiger partial charge in [-0.25, -0.2) is 0 Å². The van der Waals surface area contributed by atoms with E-state index >= 15 is 0 Å². The zero-order valence-corrected chi connectivity index (χ0v) is 20.8. The van der Waals surface area contributed by atoms with Gasteiger partial charge in [-0.3, -0.25) is 0 Å². The fraction of sp³-hybridized carbons (Fsp3) is 0.400. The van der Waals surface area contributed by atoms with Crippen molar-refractivity contribution in [3.05, 3.63) is 89.0 Å². The van der Waals surface area contributed by atoms with Crippen LogP contribution in [0.4, 0.5) is 17.1 Å². The lowest BCUT2D eigenvalue weighted by Gasteiger charge is -2.26. The molecule has 3 rings (SSSR count). The zero-order valence-electron chi connectivity index (χ0n) is 20.8. The van der Waals surface area contributed by atoms with E-state index in [0.29, 0.717) is 0 Å². The van der Waals surface area contributed by atoms with Crippen LogP contribution in [0.25, 0.3) is 0 Å². The van der Waals surface area contributed by atoms with Crippen molar-refractivity contribution in [1.82, 2.24) is 0 Å². The first-order valence-corrected chi connectivity index (χ1v) is 12.3. The third-order valence-electron chi connectivity index (χ3n) is 6.05. The summed E-state index contributed by atoms with van der Waals surface area (Å²) in [5.41, 5.74) is 8.86. The van der Waals surface area contributed by atoms with Crippen LogP contribution in [-0.2, 0) is 22.3 Å². The normalized spacial score (nSPS) is 11.0. The molecule has 0 saturated heterocycles. The predicted molar refractivity (Wildman–Crippen MR) is 140 cm³/mol. The van der Waals surface area contributed by atoms with Gasteiger partial charge in [-0.1, -0.05) is 30.3 Å². The predicted octanol–water partition coefficient (Wildman–Crippen LogP) is 7.71. The van der Waals surface area contributed by atoms with E-state index in [-0.39, 0.29) is 0 Å². The summed E-state index contributed by atoms with van der Waals surface area (Å²) < 4.78 is 11.0. The average molecular weight is 446 g/mol. The Bertz CT molecular complexity index is 908. The lowest BCUT2D eigenvalue weighted by Crippen LogP contribution is -2.10. The van der Waals surface area contributed by atoms with E-state index in [2.05, 4.69) is 85.5 Å². The summed E-state index contributed by atoms with van der Waals surface area (Å²) >= 11 is 0. The summed E-state index contributed by atoms with van der Waals surface area (Å²) in [7, 11) is 0. The van der Waals surface area contributed by atoms with Crippen molar-refractivity contribution < 1.29 is 9.47 Å². The molecule has 0 spiro atoms. The van der Waals surface area contributed by atoms with Crippen molar-refractivity contribution in [1.29, 1.82) is 0 Å². The van der Waals surface area contributed by atoms with Crippen LogP contribution in [0.5, 0.6) is 0 Å². The zero-order chi connectivity index (χ0) is 23.5. The summed E-state index contributed by atoms with van der Waals surface area (Å²) in [6, 6.07) is 24.6. The Morgan fingerprint density at radius 3 is 1.45 bits per heavy atom. The Kier molecular flexibility index (Phi) is 9.99. The van der Waals surface area contributed by atoms with E-state index in [1.807, 2.05) is 13.8 Å². The monoisotopic (exact) mass is 445 g/mol. The minimum absolute atomic E-state index is 0.787. The van der Waals surface area contributed by atoms with Crippen LogP contribution in [0, 0.1) is 13.8 Å². The second kappa shape index (κ2) is 13.2. The quantitative estimate of drug-likeness (QED) is 0.251. The number of hydrogen-bond donors (Lipinski definition) is 0. The van der Waals surface area contributed by atoms with Crippen LogP contribution in [0.3, 0.4) is 0 Å². The second-order valence-corrected chi connectivity index (χ2v) is 8.54. The Hall–Kier alpha value is -2.62. The van der Waals surface area contributed by atoms with E-state index in [4.69, 9.17) is 9.47 Å². The molecule has 33 heavy (non-hydrogen) atoms. The van der Waals surface area contributed by atoms with E-state index in [0.717, 1.165) is 52.1 Å². The van der Waals surface area contributed by atoms with Gasteiger partial charge >= 0.3 is 0 Å². The number of aryl methyl sites for hydroxylation is 4. The molecular formula is C30H39NO2. The molecule has 0 amide bonds. The average Bonchev–Trinajstić information content (AvgIpc) is 2.84. The highest BCUT2D eigenvalue weighted by atomic mass is 16.5. The molecule has 3 nitrogen and oxygen atoms in total. The molecule has 0 aliphatic rings. The van der Waals surface area contributed by atoms with Crippen molar-refractivity contribution in [2.24, 2.45) is 0 Å². The van der Waals surface area contributed by atoms with Crippen molar-refractivity contribution in [2.75, 3.05) is 31.3 Å². The molecule has 0 atom stereocenters. The lowest BCUT2D eigenvalue weighted by atomic mass is 10.1. The first kappa shape index (κ1) is 25.0. The molecular weight excluding hydrogens is 406 g/mol. The summed E-state index contributed by atoms with van der Waals surface area (Å²) in [5, 5.41) is 0. The van der Waals surface area contributed by atoms with Crippen LogP contribution in [0.2, 0.25) is 0 Å². The van der Waals surface area contributed by atoms with Crippen molar-refractivity contribution in [2.45, 2.75) is 53.4 Å². The van der Waals surface area contributed by atoms with E-state index in [1.54, 1.807) is 0 Å². The lowest BCUT2D eigenvalue weighted by molar-refractivity contribution is 0.145. The van der Waals surface area contributed by atoms with E-state index < -0.39 is 0 Å². The minimum atomic E-state index is 0.787. The van der Waals surface area contributed by atoms with Gasteiger partial charge in [0.25, 0.3) is 0 Å². The summed E-state index contributed by atoms with van der Waals surface area (Å²) in [5.74, 6) is 0. The van der Waals surface area contributed by atoms with Gasteiger partial charge in [0.1, 0.15) is 0 Å². The van der Waals surface area contributed by atoms with Gasteiger partial charge in [0.05, 0.1) is 0 Å². The van der Waals surface area contributed by atoms with Crippen LogP contribution >= 0.6 is 0 Å². The fourth-order valence-corrected chi connectivity index (χ4v) is 3.98. The maximum Gasteiger partial charge on any atom is 0.0469 e. The number of ether oxygens (including phenoxy) is 2. The Balaban J connectivity index is 1.82. The molecule has 0 bridgehead atoms. The van der Waals surface area contributed by atoms with E-state index in [1.165, 1.54) is 39.3 Å². The molecule has 3 aromatic rings. The Morgan fingerprint density at radius 2 is 1.03 bits per heavy atom. The number of nitrogens with zero attached hydrogens (tertiary/aromatic N) is 1. The third-order valence-corrected chi connectivity index (χ3v) is 6.05. The Morgan fingerprint density at radius 1 is 0.576 bits per heavy atom. The number of benzene rings is 3. The molecule has 0 heterocycles. The smallest absolute Gasteiger partial charge is 0.0469 e. The van der Waals surface area contributed by atoms with Crippen LogP contribution in [-0.4, -0.2) is 26.4 Å². The van der Waals surface area contributed by atoms with Crippen molar-refractivity contribution >= 4 is 17.1 Å².